The van der Waals surface area contributed by atoms with Crippen molar-refractivity contribution >= 4 is 11.9 Å². The summed E-state index contributed by atoms with van der Waals surface area (Å²) in [5, 5.41) is 18.4. The number of carbonyl (C=O) groups excluding carboxylic acids is 1. The minimum atomic E-state index is -1.35. The zero-order valence-corrected chi connectivity index (χ0v) is 10.4. The third kappa shape index (κ3) is 5.70. The summed E-state index contributed by atoms with van der Waals surface area (Å²) in [6.07, 6.45) is -3.02. The van der Waals surface area contributed by atoms with Crippen LogP contribution in [0.25, 0.3) is 0 Å². The van der Waals surface area contributed by atoms with Crippen molar-refractivity contribution in [3.63, 3.8) is 0 Å². The Bertz CT molecular complexity index is 482. The Kier molecular flexibility index (Phi) is 5.58. The molecule has 0 spiro atoms. The van der Waals surface area contributed by atoms with E-state index in [1.807, 2.05) is 6.07 Å². The summed E-state index contributed by atoms with van der Waals surface area (Å²) in [7, 11) is 0. The number of aliphatic carboxylic acids is 1. The van der Waals surface area contributed by atoms with Crippen LogP contribution in [0.1, 0.15) is 18.9 Å². The molecule has 5 heteroatoms. The molecule has 0 bridgehead atoms. The molecular weight excluding hydrogens is 248 g/mol. The van der Waals surface area contributed by atoms with E-state index in [0.29, 0.717) is 5.56 Å². The maximum Gasteiger partial charge on any atom is 0.307 e. The number of ether oxygens (including phenoxy) is 1. The van der Waals surface area contributed by atoms with Gasteiger partial charge in [-0.2, -0.15) is 0 Å². The van der Waals surface area contributed by atoms with Crippen molar-refractivity contribution < 1.29 is 24.5 Å². The van der Waals surface area contributed by atoms with Gasteiger partial charge in [-0.3, -0.25) is 9.59 Å². The van der Waals surface area contributed by atoms with Gasteiger partial charge < -0.3 is 14.9 Å². The molecule has 0 aromatic heterocycles. The van der Waals surface area contributed by atoms with Gasteiger partial charge in [0.15, 0.2) is 6.10 Å². The Hall–Kier alpha value is -2.32. The maximum absolute atomic E-state index is 10.8. The van der Waals surface area contributed by atoms with E-state index < -0.39 is 30.6 Å². The van der Waals surface area contributed by atoms with Crippen molar-refractivity contribution in [3.8, 4) is 11.8 Å². The Morgan fingerprint density at radius 2 is 1.95 bits per heavy atom. The van der Waals surface area contributed by atoms with Crippen LogP contribution in [0.4, 0.5) is 0 Å². The minimum Gasteiger partial charge on any atom is -0.481 e. The normalized spacial score (nSPS) is 12.7. The average Bonchev–Trinajstić information content (AvgIpc) is 2.35. The number of benzene rings is 1. The van der Waals surface area contributed by atoms with Gasteiger partial charge in [-0.05, 0) is 12.1 Å². The van der Waals surface area contributed by atoms with Crippen molar-refractivity contribution in [2.24, 2.45) is 0 Å². The van der Waals surface area contributed by atoms with Crippen molar-refractivity contribution in [3.05, 3.63) is 35.9 Å². The number of rotatable bonds is 4. The van der Waals surface area contributed by atoms with Crippen LogP contribution in [0.3, 0.4) is 0 Å². The van der Waals surface area contributed by atoms with E-state index in [-0.39, 0.29) is 0 Å². The molecule has 5 nitrogen and oxygen atoms in total. The fourth-order valence-corrected chi connectivity index (χ4v) is 1.37. The topological polar surface area (TPSA) is 83.8 Å². The molecule has 19 heavy (non-hydrogen) atoms. The predicted octanol–water partition coefficient (Wildman–Crippen LogP) is 0.805. The van der Waals surface area contributed by atoms with Gasteiger partial charge in [0.2, 0.25) is 0 Å². The number of carboxylic acid groups (broad SMARTS) is 1. The van der Waals surface area contributed by atoms with Crippen LogP contribution >= 0.6 is 0 Å². The summed E-state index contributed by atoms with van der Waals surface area (Å²) >= 11 is 0. The highest BCUT2D eigenvalue weighted by molar-refractivity contribution is 5.70. The van der Waals surface area contributed by atoms with Crippen LogP contribution in [0.15, 0.2) is 30.3 Å². The van der Waals surface area contributed by atoms with E-state index in [9.17, 15) is 14.7 Å². The molecule has 1 aromatic carbocycles. The molecule has 0 heterocycles. The quantitative estimate of drug-likeness (QED) is 0.619. The number of hydrogen-bond acceptors (Lipinski definition) is 4. The van der Waals surface area contributed by atoms with E-state index in [1.54, 1.807) is 24.3 Å². The SMILES string of the molecule is CC(=O)O[C@@H](CC(=O)O)C(O)C#Cc1ccccc1. The van der Waals surface area contributed by atoms with Gasteiger partial charge in [-0.15, -0.1) is 0 Å². The van der Waals surface area contributed by atoms with Gasteiger partial charge >= 0.3 is 11.9 Å². The monoisotopic (exact) mass is 262 g/mol. The second kappa shape index (κ2) is 7.19. The van der Waals surface area contributed by atoms with Gasteiger partial charge in [0.05, 0.1) is 6.42 Å². The number of carboxylic acids is 1. The molecule has 0 amide bonds. The molecule has 0 aliphatic rings. The fraction of sp³-hybridized carbons (Fsp3) is 0.286. The Balaban J connectivity index is 2.76. The van der Waals surface area contributed by atoms with Crippen molar-refractivity contribution in [2.75, 3.05) is 0 Å². The van der Waals surface area contributed by atoms with Crippen LogP contribution < -0.4 is 0 Å². The van der Waals surface area contributed by atoms with Gasteiger partial charge in [-0.1, -0.05) is 30.0 Å². The highest BCUT2D eigenvalue weighted by Crippen LogP contribution is 2.06. The smallest absolute Gasteiger partial charge is 0.307 e. The second-order valence-electron chi connectivity index (χ2n) is 3.83. The summed E-state index contributed by atoms with van der Waals surface area (Å²) in [5.74, 6) is 3.33. The minimum absolute atomic E-state index is 0.496. The zero-order valence-electron chi connectivity index (χ0n) is 10.4. The number of hydrogen-bond donors (Lipinski definition) is 2. The summed E-state index contributed by atoms with van der Waals surface area (Å²) in [4.78, 5) is 21.5. The third-order valence-electron chi connectivity index (χ3n) is 2.18. The van der Waals surface area contributed by atoms with Crippen LogP contribution in [0.2, 0.25) is 0 Å². The van der Waals surface area contributed by atoms with Crippen molar-refractivity contribution in [1.29, 1.82) is 0 Å². The molecule has 0 fully saturated rings. The Labute approximate surface area is 110 Å². The van der Waals surface area contributed by atoms with Crippen molar-refractivity contribution in [2.45, 2.75) is 25.6 Å². The molecular formula is C14H14O5. The van der Waals surface area contributed by atoms with Crippen LogP contribution in [0.5, 0.6) is 0 Å². The van der Waals surface area contributed by atoms with Gasteiger partial charge in [0.1, 0.15) is 6.10 Å². The van der Waals surface area contributed by atoms with E-state index in [4.69, 9.17) is 9.84 Å². The van der Waals surface area contributed by atoms with E-state index >= 15 is 0 Å². The second-order valence-corrected chi connectivity index (χ2v) is 3.83. The largest absolute Gasteiger partial charge is 0.481 e. The fourth-order valence-electron chi connectivity index (χ4n) is 1.37. The molecule has 0 aliphatic heterocycles. The summed E-state index contributed by atoms with van der Waals surface area (Å²) < 4.78 is 4.74. The first kappa shape index (κ1) is 14.7. The first-order valence-corrected chi connectivity index (χ1v) is 5.62. The number of aliphatic hydroxyl groups is 1. The van der Waals surface area contributed by atoms with Crippen molar-refractivity contribution in [1.82, 2.24) is 0 Å². The number of carbonyl (C=O) groups is 2. The molecule has 100 valence electrons. The Morgan fingerprint density at radius 1 is 1.32 bits per heavy atom. The lowest BCUT2D eigenvalue weighted by molar-refractivity contribution is -0.155. The van der Waals surface area contributed by atoms with Gasteiger partial charge in [0, 0.05) is 12.5 Å². The van der Waals surface area contributed by atoms with Gasteiger partial charge in [0.25, 0.3) is 0 Å². The number of aliphatic hydroxyl groups excluding tert-OH is 1. The summed E-state index contributed by atoms with van der Waals surface area (Å²) in [6, 6.07) is 8.90. The third-order valence-corrected chi connectivity index (χ3v) is 2.18. The molecule has 0 saturated heterocycles. The highest BCUT2D eigenvalue weighted by Gasteiger charge is 2.23. The molecule has 1 aromatic rings. The van der Waals surface area contributed by atoms with Gasteiger partial charge in [-0.25, -0.2) is 0 Å². The first-order valence-electron chi connectivity index (χ1n) is 5.62. The average molecular weight is 262 g/mol. The lowest BCUT2D eigenvalue weighted by Crippen LogP contribution is -2.32. The number of esters is 1. The lowest BCUT2D eigenvalue weighted by atomic mass is 10.1. The van der Waals surface area contributed by atoms with E-state index in [0.717, 1.165) is 6.92 Å². The molecule has 1 unspecified atom stereocenters. The lowest BCUT2D eigenvalue weighted by Gasteiger charge is -2.16. The predicted molar refractivity (Wildman–Crippen MR) is 67.1 cm³/mol. The highest BCUT2D eigenvalue weighted by atomic mass is 16.6. The molecule has 2 atom stereocenters. The molecule has 0 aliphatic carbocycles. The maximum atomic E-state index is 10.8. The van der Waals surface area contributed by atoms with E-state index in [1.165, 1.54) is 0 Å². The van der Waals surface area contributed by atoms with Crippen LogP contribution in [-0.2, 0) is 14.3 Å². The molecule has 2 N–H and O–H groups in total. The van der Waals surface area contributed by atoms with Crippen LogP contribution in [0, 0.1) is 11.8 Å². The first-order chi connectivity index (χ1) is 8.99. The molecule has 1 rings (SSSR count). The summed E-state index contributed by atoms with van der Waals surface area (Å²) in [5.41, 5.74) is 0.679. The summed E-state index contributed by atoms with van der Waals surface area (Å²) in [6.45, 7) is 1.15. The zero-order chi connectivity index (χ0) is 14.3. The standard InChI is InChI=1S/C14H14O5/c1-10(15)19-13(9-14(17)18)12(16)8-7-11-5-3-2-4-6-11/h2-6,12-13,16H,9H2,1H3,(H,17,18)/t12?,13-/m0/s1. The van der Waals surface area contributed by atoms with E-state index in [2.05, 4.69) is 11.8 Å². The molecule has 0 saturated carbocycles. The Morgan fingerprint density at radius 3 is 2.47 bits per heavy atom. The molecule has 0 radical (unpaired) electrons. The van der Waals surface area contributed by atoms with Crippen LogP contribution in [-0.4, -0.2) is 34.4 Å².